The molecule has 0 fully saturated rings. The number of anilines is 2. The Kier molecular flexibility index (Phi) is 11.2. The SMILES string of the molecule is O=C(Nc1cccc(SC(C(=O)Nc2cccc(Cl)c2)c2ccccc2)c1)/C(=C\c1c(Cl)cccc1Cl)NC(=O)c1ccccc1. The standard InChI is InChI=1S/C36H26Cl3N3O3S/c37-25-14-7-15-26(20-25)41-36(45)33(23-10-3-1-4-11-23)46-28-17-8-16-27(21-28)40-35(44)32(22-29-30(38)18-9-19-31(29)39)42-34(43)24-12-5-2-6-13-24/h1-22,33H,(H,40,44)(H,41,45)(H,42,43)/b32-22+. The molecule has 0 saturated heterocycles. The van der Waals surface area contributed by atoms with E-state index in [0.717, 1.165) is 10.5 Å². The molecule has 5 aromatic carbocycles. The van der Waals surface area contributed by atoms with Gasteiger partial charge in [0.25, 0.3) is 11.8 Å². The van der Waals surface area contributed by atoms with Gasteiger partial charge < -0.3 is 16.0 Å². The molecular weight excluding hydrogens is 661 g/mol. The second-order valence-corrected chi connectivity index (χ2v) is 12.3. The van der Waals surface area contributed by atoms with Crippen molar-refractivity contribution >= 4 is 81.7 Å². The normalized spacial score (nSPS) is 11.8. The average Bonchev–Trinajstić information content (AvgIpc) is 3.05. The minimum atomic E-state index is -0.617. The third-order valence-corrected chi connectivity index (χ3v) is 8.74. The molecule has 1 unspecified atom stereocenters. The van der Waals surface area contributed by atoms with Gasteiger partial charge in [-0.1, -0.05) is 102 Å². The van der Waals surface area contributed by atoms with E-state index in [1.54, 1.807) is 91.0 Å². The summed E-state index contributed by atoms with van der Waals surface area (Å²) >= 11 is 20.2. The summed E-state index contributed by atoms with van der Waals surface area (Å²) in [4.78, 5) is 40.9. The van der Waals surface area contributed by atoms with Crippen molar-refractivity contribution in [3.8, 4) is 0 Å². The van der Waals surface area contributed by atoms with Gasteiger partial charge in [0, 0.05) is 42.5 Å². The molecule has 5 rings (SSSR count). The fourth-order valence-electron chi connectivity index (χ4n) is 4.39. The maximum absolute atomic E-state index is 13.6. The van der Waals surface area contributed by atoms with Crippen LogP contribution >= 0.6 is 46.6 Å². The third kappa shape index (κ3) is 8.80. The maximum Gasteiger partial charge on any atom is 0.272 e. The van der Waals surface area contributed by atoms with Crippen molar-refractivity contribution in [2.75, 3.05) is 10.6 Å². The lowest BCUT2D eigenvalue weighted by Gasteiger charge is -2.18. The van der Waals surface area contributed by atoms with E-state index in [2.05, 4.69) is 16.0 Å². The van der Waals surface area contributed by atoms with Crippen LogP contribution in [0.25, 0.3) is 6.08 Å². The Balaban J connectivity index is 1.40. The molecule has 230 valence electrons. The molecule has 0 spiro atoms. The molecule has 5 aromatic rings. The van der Waals surface area contributed by atoms with Crippen LogP contribution in [0.4, 0.5) is 11.4 Å². The van der Waals surface area contributed by atoms with E-state index in [0.29, 0.717) is 37.6 Å². The molecule has 0 saturated carbocycles. The van der Waals surface area contributed by atoms with Gasteiger partial charge in [-0.15, -0.1) is 11.8 Å². The zero-order chi connectivity index (χ0) is 32.5. The van der Waals surface area contributed by atoms with E-state index >= 15 is 0 Å². The zero-order valence-electron chi connectivity index (χ0n) is 24.0. The minimum absolute atomic E-state index is 0.0648. The van der Waals surface area contributed by atoms with E-state index in [4.69, 9.17) is 34.8 Å². The summed E-state index contributed by atoms with van der Waals surface area (Å²) in [6, 6.07) is 36.9. The van der Waals surface area contributed by atoms with Crippen LogP contribution in [0, 0.1) is 0 Å². The van der Waals surface area contributed by atoms with Crippen molar-refractivity contribution in [3.63, 3.8) is 0 Å². The van der Waals surface area contributed by atoms with Gasteiger partial charge in [-0.25, -0.2) is 0 Å². The van der Waals surface area contributed by atoms with Gasteiger partial charge in [0.05, 0.1) is 0 Å². The predicted octanol–water partition coefficient (Wildman–Crippen LogP) is 9.53. The van der Waals surface area contributed by atoms with E-state index < -0.39 is 17.1 Å². The molecule has 3 amide bonds. The smallest absolute Gasteiger partial charge is 0.272 e. The number of thioether (sulfide) groups is 1. The van der Waals surface area contributed by atoms with E-state index in [-0.39, 0.29) is 11.6 Å². The summed E-state index contributed by atoms with van der Waals surface area (Å²) in [6.45, 7) is 0. The summed E-state index contributed by atoms with van der Waals surface area (Å²) in [7, 11) is 0. The lowest BCUT2D eigenvalue weighted by Crippen LogP contribution is -2.30. The second-order valence-electron chi connectivity index (χ2n) is 9.90. The number of hydrogen-bond acceptors (Lipinski definition) is 4. The largest absolute Gasteiger partial charge is 0.325 e. The molecule has 3 N–H and O–H groups in total. The molecule has 0 heterocycles. The first kappa shape index (κ1) is 32.9. The number of amides is 3. The maximum atomic E-state index is 13.6. The first-order valence-corrected chi connectivity index (χ1v) is 16.0. The highest BCUT2D eigenvalue weighted by atomic mass is 35.5. The van der Waals surface area contributed by atoms with Gasteiger partial charge in [-0.05, 0) is 72.3 Å². The third-order valence-electron chi connectivity index (χ3n) is 6.60. The molecule has 6 nitrogen and oxygen atoms in total. The summed E-state index contributed by atoms with van der Waals surface area (Å²) < 4.78 is 0. The van der Waals surface area contributed by atoms with Crippen LogP contribution in [-0.4, -0.2) is 17.7 Å². The fraction of sp³-hybridized carbons (Fsp3) is 0.0278. The predicted molar refractivity (Wildman–Crippen MR) is 189 cm³/mol. The fourth-order valence-corrected chi connectivity index (χ4v) is 6.17. The van der Waals surface area contributed by atoms with Gasteiger partial charge in [0.15, 0.2) is 0 Å². The van der Waals surface area contributed by atoms with Crippen molar-refractivity contribution in [2.45, 2.75) is 10.1 Å². The molecular formula is C36H26Cl3N3O3S. The van der Waals surface area contributed by atoms with Crippen LogP contribution < -0.4 is 16.0 Å². The number of halogens is 3. The van der Waals surface area contributed by atoms with Crippen molar-refractivity contribution < 1.29 is 14.4 Å². The Labute approximate surface area is 285 Å². The number of rotatable bonds is 10. The molecule has 0 bridgehead atoms. The average molecular weight is 687 g/mol. The number of carbonyl (C=O) groups excluding carboxylic acids is 3. The molecule has 0 aliphatic rings. The summed E-state index contributed by atoms with van der Waals surface area (Å²) in [5.41, 5.74) is 2.51. The molecule has 46 heavy (non-hydrogen) atoms. The minimum Gasteiger partial charge on any atom is -0.325 e. The van der Waals surface area contributed by atoms with Crippen LogP contribution in [-0.2, 0) is 9.59 Å². The zero-order valence-corrected chi connectivity index (χ0v) is 27.1. The van der Waals surface area contributed by atoms with Gasteiger partial charge in [-0.3, -0.25) is 14.4 Å². The molecule has 10 heteroatoms. The van der Waals surface area contributed by atoms with Crippen molar-refractivity contribution in [1.82, 2.24) is 5.32 Å². The Morgan fingerprint density at radius 3 is 1.93 bits per heavy atom. The molecule has 1 atom stereocenters. The Morgan fingerprint density at radius 2 is 1.26 bits per heavy atom. The van der Waals surface area contributed by atoms with Crippen LogP contribution in [0.15, 0.2) is 138 Å². The number of hydrogen-bond donors (Lipinski definition) is 3. The second kappa shape index (κ2) is 15.7. The number of carbonyl (C=O) groups is 3. The molecule has 0 aromatic heterocycles. The van der Waals surface area contributed by atoms with Crippen molar-refractivity contribution in [1.29, 1.82) is 0 Å². The van der Waals surface area contributed by atoms with Crippen LogP contribution in [0.1, 0.15) is 26.7 Å². The van der Waals surface area contributed by atoms with E-state index in [1.807, 2.05) is 36.4 Å². The quantitative estimate of drug-likeness (QED) is 0.101. The number of benzene rings is 5. The van der Waals surface area contributed by atoms with Crippen molar-refractivity contribution in [3.05, 3.63) is 165 Å². The number of nitrogens with one attached hydrogen (secondary N) is 3. The van der Waals surface area contributed by atoms with Crippen LogP contribution in [0.2, 0.25) is 15.1 Å². The summed E-state index contributed by atoms with van der Waals surface area (Å²) in [5.74, 6) is -1.31. The molecule has 0 aliphatic carbocycles. The molecule has 0 aliphatic heterocycles. The Hall–Kier alpha value is -4.53. The van der Waals surface area contributed by atoms with Gasteiger partial charge in [-0.2, -0.15) is 0 Å². The highest BCUT2D eigenvalue weighted by Crippen LogP contribution is 2.37. The molecule has 0 radical (unpaired) electrons. The van der Waals surface area contributed by atoms with Crippen LogP contribution in [0.5, 0.6) is 0 Å². The van der Waals surface area contributed by atoms with Gasteiger partial charge >= 0.3 is 0 Å². The highest BCUT2D eigenvalue weighted by Gasteiger charge is 2.23. The first-order valence-electron chi connectivity index (χ1n) is 14.0. The van der Waals surface area contributed by atoms with Gasteiger partial charge in [0.2, 0.25) is 5.91 Å². The van der Waals surface area contributed by atoms with E-state index in [9.17, 15) is 14.4 Å². The topological polar surface area (TPSA) is 87.3 Å². The highest BCUT2D eigenvalue weighted by molar-refractivity contribution is 8.00. The van der Waals surface area contributed by atoms with E-state index in [1.165, 1.54) is 17.8 Å². The van der Waals surface area contributed by atoms with Crippen molar-refractivity contribution in [2.24, 2.45) is 0 Å². The van der Waals surface area contributed by atoms with Crippen LogP contribution in [0.3, 0.4) is 0 Å². The lowest BCUT2D eigenvalue weighted by molar-refractivity contribution is -0.116. The monoisotopic (exact) mass is 685 g/mol. The Morgan fingerprint density at radius 1 is 0.652 bits per heavy atom. The first-order chi connectivity index (χ1) is 22.3. The van der Waals surface area contributed by atoms with Gasteiger partial charge in [0.1, 0.15) is 10.9 Å². The Bertz CT molecular complexity index is 1880. The summed E-state index contributed by atoms with van der Waals surface area (Å²) in [6.07, 6.45) is 1.44. The summed E-state index contributed by atoms with van der Waals surface area (Å²) in [5, 5.41) is 9.01. The lowest BCUT2D eigenvalue weighted by atomic mass is 10.1.